The molecule has 0 aromatic carbocycles. The van der Waals surface area contributed by atoms with Crippen LogP contribution >= 0.6 is 22.6 Å². The molecule has 0 radical (unpaired) electrons. The van der Waals surface area contributed by atoms with Crippen molar-refractivity contribution >= 4 is 28.4 Å². The summed E-state index contributed by atoms with van der Waals surface area (Å²) in [7, 11) is 0. The van der Waals surface area contributed by atoms with Gasteiger partial charge in [0.1, 0.15) is 11.6 Å². The van der Waals surface area contributed by atoms with Crippen molar-refractivity contribution in [2.45, 2.75) is 46.0 Å². The van der Waals surface area contributed by atoms with Crippen LogP contribution in [0.4, 0.5) is 5.82 Å². The molecule has 4 heteroatoms. The summed E-state index contributed by atoms with van der Waals surface area (Å²) < 4.78 is 1.18. The first-order valence-electron chi connectivity index (χ1n) is 6.35. The molecule has 1 aromatic rings. The third-order valence-corrected chi connectivity index (χ3v) is 4.29. The average molecular weight is 345 g/mol. The molecular formula is C13H20IN3. The van der Waals surface area contributed by atoms with Crippen LogP contribution in [0.2, 0.25) is 0 Å². The molecule has 94 valence electrons. The van der Waals surface area contributed by atoms with E-state index < -0.39 is 0 Å². The predicted octanol–water partition coefficient (Wildman–Crippen LogP) is 3.76. The maximum absolute atomic E-state index is 4.77. The van der Waals surface area contributed by atoms with Gasteiger partial charge in [-0.25, -0.2) is 9.97 Å². The summed E-state index contributed by atoms with van der Waals surface area (Å²) in [6.07, 6.45) is 1.24. The summed E-state index contributed by atoms with van der Waals surface area (Å²) in [5.41, 5.74) is 1.19. The molecule has 1 heterocycles. The first-order chi connectivity index (χ1) is 8.04. The molecule has 1 saturated carbocycles. The third-order valence-electron chi connectivity index (χ3n) is 3.23. The Balaban J connectivity index is 2.41. The highest BCUT2D eigenvalue weighted by Crippen LogP contribution is 2.46. The van der Waals surface area contributed by atoms with Gasteiger partial charge in [0.25, 0.3) is 0 Å². The summed E-state index contributed by atoms with van der Waals surface area (Å²) in [5, 5.41) is 3.35. The normalized spacial score (nSPS) is 22.9. The Morgan fingerprint density at radius 2 is 2.06 bits per heavy atom. The summed E-state index contributed by atoms with van der Waals surface area (Å²) in [6.45, 7) is 9.67. The van der Waals surface area contributed by atoms with E-state index >= 15 is 0 Å². The molecule has 1 fully saturated rings. The van der Waals surface area contributed by atoms with Gasteiger partial charge in [0.15, 0.2) is 0 Å². The molecule has 0 aliphatic heterocycles. The maximum Gasteiger partial charge on any atom is 0.143 e. The number of hydrogen-bond donors (Lipinski definition) is 1. The molecule has 0 bridgehead atoms. The van der Waals surface area contributed by atoms with Crippen LogP contribution in [0.25, 0.3) is 0 Å². The Hall–Kier alpha value is -0.390. The van der Waals surface area contributed by atoms with Gasteiger partial charge in [-0.2, -0.15) is 0 Å². The molecule has 17 heavy (non-hydrogen) atoms. The molecule has 0 saturated heterocycles. The van der Waals surface area contributed by atoms with Crippen molar-refractivity contribution in [2.24, 2.45) is 5.92 Å². The van der Waals surface area contributed by atoms with Gasteiger partial charge in [-0.05, 0) is 47.8 Å². The summed E-state index contributed by atoms with van der Waals surface area (Å²) in [5.74, 6) is 3.85. The Bertz CT molecular complexity index is 417. The predicted molar refractivity (Wildman–Crippen MR) is 79.5 cm³/mol. The Labute approximate surface area is 117 Å². The second-order valence-corrected chi connectivity index (χ2v) is 6.21. The summed E-state index contributed by atoms with van der Waals surface area (Å²) >= 11 is 2.36. The molecule has 3 nitrogen and oxygen atoms in total. The standard InChI is InChI=1S/C13H20IN3/c1-5-15-13-10(14)11(7(2)3)16-12(17-13)9-6-8(9)4/h7-9H,5-6H2,1-4H3,(H,15,16,17). The van der Waals surface area contributed by atoms with Gasteiger partial charge in [0.05, 0.1) is 9.26 Å². The van der Waals surface area contributed by atoms with Crippen molar-refractivity contribution < 1.29 is 0 Å². The van der Waals surface area contributed by atoms with Gasteiger partial charge in [-0.3, -0.25) is 0 Å². The maximum atomic E-state index is 4.77. The quantitative estimate of drug-likeness (QED) is 0.845. The Kier molecular flexibility index (Phi) is 3.90. The van der Waals surface area contributed by atoms with E-state index in [1.54, 1.807) is 0 Å². The van der Waals surface area contributed by atoms with Gasteiger partial charge < -0.3 is 5.32 Å². The molecule has 1 aliphatic carbocycles. The van der Waals surface area contributed by atoms with Crippen LogP contribution in [0.3, 0.4) is 0 Å². The van der Waals surface area contributed by atoms with Crippen molar-refractivity contribution in [3.8, 4) is 0 Å². The van der Waals surface area contributed by atoms with E-state index in [0.717, 1.165) is 24.1 Å². The summed E-state index contributed by atoms with van der Waals surface area (Å²) in [6, 6.07) is 0. The number of hydrogen-bond acceptors (Lipinski definition) is 3. The Morgan fingerprint density at radius 1 is 1.41 bits per heavy atom. The molecule has 1 aromatic heterocycles. The van der Waals surface area contributed by atoms with Crippen LogP contribution < -0.4 is 5.32 Å². The monoisotopic (exact) mass is 345 g/mol. The van der Waals surface area contributed by atoms with Crippen LogP contribution in [-0.4, -0.2) is 16.5 Å². The Morgan fingerprint density at radius 3 is 2.53 bits per heavy atom. The number of nitrogens with one attached hydrogen (secondary N) is 1. The molecule has 2 atom stereocenters. The highest BCUT2D eigenvalue weighted by Gasteiger charge is 2.37. The van der Waals surface area contributed by atoms with Gasteiger partial charge in [-0.1, -0.05) is 20.8 Å². The lowest BCUT2D eigenvalue weighted by Crippen LogP contribution is -2.10. The molecule has 1 N–H and O–H groups in total. The largest absolute Gasteiger partial charge is 0.369 e. The summed E-state index contributed by atoms with van der Waals surface area (Å²) in [4.78, 5) is 9.46. The smallest absolute Gasteiger partial charge is 0.143 e. The van der Waals surface area contributed by atoms with E-state index in [9.17, 15) is 0 Å². The third kappa shape index (κ3) is 2.72. The van der Waals surface area contributed by atoms with E-state index in [2.05, 4.69) is 60.6 Å². The van der Waals surface area contributed by atoms with Crippen molar-refractivity contribution in [1.82, 2.24) is 9.97 Å². The van der Waals surface area contributed by atoms with E-state index in [0.29, 0.717) is 11.8 Å². The van der Waals surface area contributed by atoms with Crippen LogP contribution in [0.5, 0.6) is 0 Å². The van der Waals surface area contributed by atoms with Crippen LogP contribution in [0, 0.1) is 9.49 Å². The van der Waals surface area contributed by atoms with E-state index in [-0.39, 0.29) is 0 Å². The van der Waals surface area contributed by atoms with Crippen molar-refractivity contribution in [3.05, 3.63) is 15.1 Å². The lowest BCUT2D eigenvalue weighted by molar-refractivity contribution is 0.760. The fourth-order valence-corrected chi connectivity index (χ4v) is 3.05. The van der Waals surface area contributed by atoms with Crippen molar-refractivity contribution in [1.29, 1.82) is 0 Å². The number of halogens is 1. The van der Waals surface area contributed by atoms with Crippen LogP contribution in [0.1, 0.15) is 57.5 Å². The van der Waals surface area contributed by atoms with E-state index in [4.69, 9.17) is 4.98 Å². The van der Waals surface area contributed by atoms with Crippen LogP contribution in [0.15, 0.2) is 0 Å². The minimum atomic E-state index is 0.454. The second-order valence-electron chi connectivity index (χ2n) is 5.13. The lowest BCUT2D eigenvalue weighted by Gasteiger charge is -2.14. The zero-order chi connectivity index (χ0) is 12.6. The number of anilines is 1. The van der Waals surface area contributed by atoms with Crippen LogP contribution in [-0.2, 0) is 0 Å². The first-order valence-corrected chi connectivity index (χ1v) is 7.43. The fourth-order valence-electron chi connectivity index (χ4n) is 2.00. The van der Waals surface area contributed by atoms with Crippen molar-refractivity contribution in [2.75, 3.05) is 11.9 Å². The van der Waals surface area contributed by atoms with E-state index in [1.807, 2.05) is 0 Å². The van der Waals surface area contributed by atoms with Gasteiger partial charge in [0.2, 0.25) is 0 Å². The fraction of sp³-hybridized carbons (Fsp3) is 0.692. The molecule has 2 rings (SSSR count). The number of rotatable bonds is 4. The topological polar surface area (TPSA) is 37.8 Å². The van der Waals surface area contributed by atoms with Gasteiger partial charge in [-0.15, -0.1) is 0 Å². The number of aromatic nitrogens is 2. The van der Waals surface area contributed by atoms with Crippen molar-refractivity contribution in [3.63, 3.8) is 0 Å². The highest BCUT2D eigenvalue weighted by molar-refractivity contribution is 14.1. The second kappa shape index (κ2) is 5.08. The molecule has 0 spiro atoms. The van der Waals surface area contributed by atoms with E-state index in [1.165, 1.54) is 15.7 Å². The van der Waals surface area contributed by atoms with Gasteiger partial charge in [0, 0.05) is 12.5 Å². The number of nitrogens with zero attached hydrogens (tertiary/aromatic N) is 2. The lowest BCUT2D eigenvalue weighted by atomic mass is 10.1. The minimum absolute atomic E-state index is 0.454. The zero-order valence-electron chi connectivity index (χ0n) is 10.9. The first kappa shape index (κ1) is 13.1. The average Bonchev–Trinajstić information content (AvgIpc) is 2.98. The molecule has 0 amide bonds. The molecule has 2 unspecified atom stereocenters. The minimum Gasteiger partial charge on any atom is -0.369 e. The highest BCUT2D eigenvalue weighted by atomic mass is 127. The molecule has 1 aliphatic rings. The SMILES string of the molecule is CCNc1nc(C2CC2C)nc(C(C)C)c1I. The van der Waals surface area contributed by atoms with Gasteiger partial charge >= 0.3 is 0 Å². The molecular weight excluding hydrogens is 325 g/mol. The zero-order valence-corrected chi connectivity index (χ0v) is 13.1.